The Labute approximate surface area is 161 Å². The number of methoxy groups -OCH3 is 1. The maximum atomic E-state index is 13.8. The average molecular weight is 390 g/mol. The van der Waals surface area contributed by atoms with E-state index >= 15 is 0 Å². The van der Waals surface area contributed by atoms with Crippen LogP contribution in [0.3, 0.4) is 0 Å². The first-order valence-electron chi connectivity index (χ1n) is 8.87. The van der Waals surface area contributed by atoms with Crippen molar-refractivity contribution in [3.05, 3.63) is 64.7 Å². The molecular formula is C22H21F3O3. The van der Waals surface area contributed by atoms with Gasteiger partial charge >= 0.3 is 12.1 Å². The molecule has 1 heterocycles. The predicted octanol–water partition coefficient (Wildman–Crippen LogP) is 5.64. The molecule has 0 atom stereocenters. The molecule has 0 N–H and O–H groups in total. The molecule has 28 heavy (non-hydrogen) atoms. The lowest BCUT2D eigenvalue weighted by Crippen LogP contribution is -2.27. The van der Waals surface area contributed by atoms with E-state index in [1.54, 1.807) is 12.1 Å². The highest BCUT2D eigenvalue weighted by Gasteiger charge is 2.36. The van der Waals surface area contributed by atoms with Gasteiger partial charge in [-0.15, -0.1) is 0 Å². The van der Waals surface area contributed by atoms with Gasteiger partial charge in [-0.25, -0.2) is 4.79 Å². The monoisotopic (exact) mass is 390 g/mol. The molecule has 0 radical (unpaired) electrons. The summed E-state index contributed by atoms with van der Waals surface area (Å²) in [4.78, 5) is 11.5. The molecule has 1 aliphatic rings. The average Bonchev–Trinajstić information content (AvgIpc) is 2.65. The van der Waals surface area contributed by atoms with Crippen LogP contribution in [-0.2, 0) is 10.2 Å². The first kappa shape index (κ1) is 20.0. The molecule has 0 aromatic heterocycles. The summed E-state index contributed by atoms with van der Waals surface area (Å²) < 4.78 is 51.6. The Morgan fingerprint density at radius 1 is 1.11 bits per heavy atom. The summed E-state index contributed by atoms with van der Waals surface area (Å²) in [6.07, 6.45) is -2.71. The van der Waals surface area contributed by atoms with Crippen molar-refractivity contribution in [1.82, 2.24) is 0 Å². The number of hydrogen-bond acceptors (Lipinski definition) is 3. The van der Waals surface area contributed by atoms with Crippen LogP contribution >= 0.6 is 0 Å². The Morgan fingerprint density at radius 3 is 2.36 bits per heavy atom. The highest BCUT2D eigenvalue weighted by molar-refractivity contribution is 5.90. The molecular weight excluding hydrogens is 369 g/mol. The molecule has 0 bridgehead atoms. The lowest BCUT2D eigenvalue weighted by molar-refractivity contribution is -0.0683. The van der Waals surface area contributed by atoms with Crippen LogP contribution in [0.2, 0.25) is 0 Å². The molecule has 0 aliphatic carbocycles. The molecule has 0 saturated heterocycles. The van der Waals surface area contributed by atoms with Crippen molar-refractivity contribution in [2.45, 2.75) is 31.9 Å². The van der Waals surface area contributed by atoms with Crippen LogP contribution in [0, 0.1) is 0 Å². The fourth-order valence-corrected chi connectivity index (χ4v) is 3.23. The molecule has 6 heteroatoms. The number of carbonyl (C=O) groups excluding carboxylic acids is 1. The summed E-state index contributed by atoms with van der Waals surface area (Å²) in [5.74, 6) is 0.0902. The standard InChI is InChI=1S/C22H21F3O3/c1-21(2)10-11-28-19-9-8-16(13-18(19)21)17(22(23,24)25)12-14-4-6-15(7-5-14)20(26)27-3/h4-9,12-13H,10-11H2,1-3H3/b17-12+. The zero-order chi connectivity index (χ0) is 20.5. The van der Waals surface area contributed by atoms with E-state index in [1.807, 2.05) is 13.8 Å². The summed E-state index contributed by atoms with van der Waals surface area (Å²) in [6.45, 7) is 4.55. The number of rotatable bonds is 3. The SMILES string of the molecule is COC(=O)c1ccc(/C=C(\c2ccc3c(c2)C(C)(C)CCO3)C(F)(F)F)cc1. The van der Waals surface area contributed by atoms with E-state index in [2.05, 4.69) is 4.74 Å². The van der Waals surface area contributed by atoms with Crippen molar-refractivity contribution in [3.8, 4) is 5.75 Å². The van der Waals surface area contributed by atoms with Crippen molar-refractivity contribution < 1.29 is 27.4 Å². The van der Waals surface area contributed by atoms with Gasteiger partial charge in [0, 0.05) is 5.56 Å². The van der Waals surface area contributed by atoms with Crippen molar-refractivity contribution in [1.29, 1.82) is 0 Å². The van der Waals surface area contributed by atoms with Gasteiger partial charge in [0.2, 0.25) is 0 Å². The van der Waals surface area contributed by atoms with E-state index in [9.17, 15) is 18.0 Å². The van der Waals surface area contributed by atoms with Crippen molar-refractivity contribution in [3.63, 3.8) is 0 Å². The number of benzene rings is 2. The first-order valence-corrected chi connectivity index (χ1v) is 8.87. The van der Waals surface area contributed by atoms with Crippen LogP contribution in [0.1, 0.15) is 47.3 Å². The summed E-state index contributed by atoms with van der Waals surface area (Å²) in [5.41, 5.74) is 0.466. The number of esters is 1. The smallest absolute Gasteiger partial charge is 0.417 e. The molecule has 3 nitrogen and oxygen atoms in total. The summed E-state index contributed by atoms with van der Waals surface area (Å²) in [5, 5.41) is 0. The second-order valence-corrected chi connectivity index (χ2v) is 7.36. The fraction of sp³-hybridized carbons (Fsp3) is 0.318. The number of fused-ring (bicyclic) bond motifs is 1. The Bertz CT molecular complexity index is 910. The van der Waals surface area contributed by atoms with Crippen molar-refractivity contribution >= 4 is 17.6 Å². The Morgan fingerprint density at radius 2 is 1.75 bits per heavy atom. The van der Waals surface area contributed by atoms with Gasteiger partial charge in [0.25, 0.3) is 0 Å². The first-order chi connectivity index (χ1) is 13.1. The summed E-state index contributed by atoms with van der Waals surface area (Å²) in [6, 6.07) is 10.4. The summed E-state index contributed by atoms with van der Waals surface area (Å²) >= 11 is 0. The zero-order valence-electron chi connectivity index (χ0n) is 15.9. The number of ether oxygens (including phenoxy) is 2. The van der Waals surface area contributed by atoms with E-state index in [4.69, 9.17) is 4.74 Å². The van der Waals surface area contributed by atoms with Crippen LogP contribution in [-0.4, -0.2) is 25.9 Å². The van der Waals surface area contributed by atoms with Crippen LogP contribution in [0.4, 0.5) is 13.2 Å². The topological polar surface area (TPSA) is 35.5 Å². The minimum Gasteiger partial charge on any atom is -0.493 e. The van der Waals surface area contributed by atoms with Gasteiger partial charge in [-0.3, -0.25) is 0 Å². The molecule has 1 aliphatic heterocycles. The molecule has 0 unspecified atom stereocenters. The molecule has 2 aromatic rings. The minimum absolute atomic E-state index is 0.0851. The van der Waals surface area contributed by atoms with E-state index in [0.717, 1.165) is 18.1 Å². The number of allylic oxidation sites excluding steroid dienone is 1. The molecule has 148 valence electrons. The molecule has 0 saturated carbocycles. The van der Waals surface area contributed by atoms with Crippen LogP contribution in [0.5, 0.6) is 5.75 Å². The zero-order valence-corrected chi connectivity index (χ0v) is 15.9. The number of hydrogen-bond donors (Lipinski definition) is 0. The Hall–Kier alpha value is -2.76. The maximum Gasteiger partial charge on any atom is 0.417 e. The molecule has 0 fully saturated rings. The third-order valence-electron chi connectivity index (χ3n) is 4.95. The van der Waals surface area contributed by atoms with Gasteiger partial charge in [0.05, 0.1) is 24.9 Å². The van der Waals surface area contributed by atoms with Crippen LogP contribution in [0.15, 0.2) is 42.5 Å². The number of alkyl halides is 3. The second-order valence-electron chi connectivity index (χ2n) is 7.36. The largest absolute Gasteiger partial charge is 0.493 e. The third-order valence-corrected chi connectivity index (χ3v) is 4.95. The van der Waals surface area contributed by atoms with Gasteiger partial charge in [0.15, 0.2) is 0 Å². The number of halogens is 3. The predicted molar refractivity (Wildman–Crippen MR) is 101 cm³/mol. The lowest BCUT2D eigenvalue weighted by atomic mass is 9.78. The van der Waals surface area contributed by atoms with Gasteiger partial charge in [-0.05, 0) is 53.3 Å². The minimum atomic E-state index is -4.53. The Kier molecular flexibility index (Phi) is 5.24. The van der Waals surface area contributed by atoms with E-state index in [1.165, 1.54) is 37.4 Å². The van der Waals surface area contributed by atoms with Crippen molar-refractivity contribution in [2.75, 3.05) is 13.7 Å². The van der Waals surface area contributed by atoms with Gasteiger partial charge in [0.1, 0.15) is 5.75 Å². The lowest BCUT2D eigenvalue weighted by Gasteiger charge is -2.33. The van der Waals surface area contributed by atoms with E-state index in [0.29, 0.717) is 17.9 Å². The second kappa shape index (κ2) is 7.34. The van der Waals surface area contributed by atoms with Gasteiger partial charge < -0.3 is 9.47 Å². The number of carbonyl (C=O) groups is 1. The van der Waals surface area contributed by atoms with Crippen LogP contribution in [0.25, 0.3) is 11.6 Å². The molecule has 0 spiro atoms. The Balaban J connectivity index is 2.05. The summed E-state index contributed by atoms with van der Waals surface area (Å²) in [7, 11) is 1.25. The quantitative estimate of drug-likeness (QED) is 0.503. The van der Waals surface area contributed by atoms with Crippen molar-refractivity contribution in [2.24, 2.45) is 0 Å². The third kappa shape index (κ3) is 4.06. The highest BCUT2D eigenvalue weighted by atomic mass is 19.4. The molecule has 0 amide bonds. The van der Waals surface area contributed by atoms with Crippen LogP contribution < -0.4 is 4.74 Å². The van der Waals surface area contributed by atoms with Gasteiger partial charge in [-0.1, -0.05) is 32.0 Å². The molecule has 2 aromatic carbocycles. The van der Waals surface area contributed by atoms with E-state index in [-0.39, 0.29) is 16.5 Å². The highest BCUT2D eigenvalue weighted by Crippen LogP contribution is 2.42. The fourth-order valence-electron chi connectivity index (χ4n) is 3.23. The van der Waals surface area contributed by atoms with Gasteiger partial charge in [-0.2, -0.15) is 13.2 Å². The maximum absolute atomic E-state index is 13.8. The normalized spacial score (nSPS) is 16.1. The van der Waals surface area contributed by atoms with E-state index < -0.39 is 17.7 Å². The molecule has 3 rings (SSSR count).